The standard InChI is InChI=1S/C69H114O12/c1-4-7-10-13-16-19-22-25-27-29-31-33-35-38-40-43-46-49-52-55-61(70)77-58-60(79-62(71)56-53-50-47-44-41-37-24-21-18-15-12-9-6-3)59-78-69-67(65(74)64(73)66(81-69)68(75)76)80-63(72)57-54-51-48-45-42-39-36-34-32-30-28-26-23-20-17-14-11-8-5-2/h9,12,16,18-19,21,25-28,31,33,37,41,47,50,60,64-67,69,73-74H,4-8,10-11,13-15,17,20,22-24,29-30,32,34-36,38-40,42-46,48-49,51-59H2,1-3H3,(H,75,76)/b12-9-,19-16-,21-18-,27-25-,28-26-,33-31-,41-37-,50-47-. The van der Waals surface area contributed by atoms with Crippen LogP contribution in [0.15, 0.2) is 97.2 Å². The summed E-state index contributed by atoms with van der Waals surface area (Å²) in [6.07, 6.45) is 62.4. The number of esters is 3. The van der Waals surface area contributed by atoms with Gasteiger partial charge in [0.1, 0.15) is 18.8 Å². The second-order valence-electron chi connectivity index (χ2n) is 21.7. The highest BCUT2D eigenvalue weighted by atomic mass is 16.7. The molecular weight excluding hydrogens is 1020 g/mol. The number of carbonyl (C=O) groups is 4. The van der Waals surface area contributed by atoms with Gasteiger partial charge in [-0.05, 0) is 109 Å². The maximum Gasteiger partial charge on any atom is 0.335 e. The quantitative estimate of drug-likeness (QED) is 0.0228. The van der Waals surface area contributed by atoms with Gasteiger partial charge in [-0.3, -0.25) is 14.4 Å². The van der Waals surface area contributed by atoms with E-state index in [0.717, 1.165) is 103 Å². The molecule has 0 saturated carbocycles. The van der Waals surface area contributed by atoms with Crippen LogP contribution >= 0.6 is 0 Å². The molecule has 12 heteroatoms. The Morgan fingerprint density at radius 2 is 0.802 bits per heavy atom. The lowest BCUT2D eigenvalue weighted by Crippen LogP contribution is -2.61. The van der Waals surface area contributed by atoms with Gasteiger partial charge in [0.15, 0.2) is 24.6 Å². The molecule has 0 radical (unpaired) electrons. The van der Waals surface area contributed by atoms with Gasteiger partial charge in [0.2, 0.25) is 0 Å². The van der Waals surface area contributed by atoms with Crippen molar-refractivity contribution in [1.29, 1.82) is 0 Å². The summed E-state index contributed by atoms with van der Waals surface area (Å²) in [7, 11) is 0. The molecule has 0 aromatic heterocycles. The number of rotatable bonds is 54. The highest BCUT2D eigenvalue weighted by Crippen LogP contribution is 2.26. The van der Waals surface area contributed by atoms with Crippen molar-refractivity contribution >= 4 is 23.9 Å². The molecule has 81 heavy (non-hydrogen) atoms. The molecule has 0 aliphatic carbocycles. The van der Waals surface area contributed by atoms with Crippen molar-refractivity contribution in [1.82, 2.24) is 0 Å². The molecule has 1 heterocycles. The predicted molar refractivity (Wildman–Crippen MR) is 331 cm³/mol. The summed E-state index contributed by atoms with van der Waals surface area (Å²) in [5.74, 6) is -3.25. The summed E-state index contributed by atoms with van der Waals surface area (Å²) in [5, 5.41) is 31.6. The molecule has 462 valence electrons. The van der Waals surface area contributed by atoms with E-state index in [1.54, 1.807) is 0 Å². The number of carbonyl (C=O) groups excluding carboxylic acids is 3. The zero-order valence-corrected chi connectivity index (χ0v) is 51.0. The first-order valence-corrected chi connectivity index (χ1v) is 32.2. The maximum absolute atomic E-state index is 13.1. The molecule has 1 saturated heterocycles. The number of aliphatic carboxylic acids is 1. The lowest BCUT2D eigenvalue weighted by molar-refractivity contribution is -0.301. The zero-order chi connectivity index (χ0) is 58.9. The van der Waals surface area contributed by atoms with Crippen LogP contribution in [0.3, 0.4) is 0 Å². The monoisotopic (exact) mass is 1130 g/mol. The minimum absolute atomic E-state index is 0.0350. The highest BCUT2D eigenvalue weighted by molar-refractivity contribution is 5.74. The van der Waals surface area contributed by atoms with Crippen LogP contribution in [0.1, 0.15) is 265 Å². The van der Waals surface area contributed by atoms with Crippen LogP contribution in [0.2, 0.25) is 0 Å². The van der Waals surface area contributed by atoms with Crippen molar-refractivity contribution in [2.24, 2.45) is 0 Å². The minimum atomic E-state index is -1.92. The Morgan fingerprint density at radius 3 is 1.27 bits per heavy atom. The van der Waals surface area contributed by atoms with Gasteiger partial charge in [-0.1, -0.05) is 234 Å². The number of allylic oxidation sites excluding steroid dienone is 16. The molecule has 0 aromatic rings. The maximum atomic E-state index is 13.1. The van der Waals surface area contributed by atoms with E-state index in [1.807, 2.05) is 12.2 Å². The van der Waals surface area contributed by atoms with Crippen LogP contribution in [0.5, 0.6) is 0 Å². The van der Waals surface area contributed by atoms with Crippen LogP contribution in [0.25, 0.3) is 0 Å². The van der Waals surface area contributed by atoms with Crippen molar-refractivity contribution in [3.63, 3.8) is 0 Å². The Bertz CT molecular complexity index is 1780. The summed E-state index contributed by atoms with van der Waals surface area (Å²) in [6, 6.07) is 0. The smallest absolute Gasteiger partial charge is 0.335 e. The van der Waals surface area contributed by atoms with E-state index in [2.05, 4.69) is 106 Å². The molecule has 1 rings (SSSR count). The molecule has 3 N–H and O–H groups in total. The molecule has 0 aromatic carbocycles. The Labute approximate surface area is 492 Å². The average Bonchev–Trinajstić information content (AvgIpc) is 3.54. The lowest BCUT2D eigenvalue weighted by atomic mass is 9.98. The van der Waals surface area contributed by atoms with Gasteiger partial charge < -0.3 is 39.0 Å². The van der Waals surface area contributed by atoms with Crippen molar-refractivity contribution in [3.05, 3.63) is 97.2 Å². The average molecular weight is 1140 g/mol. The Morgan fingerprint density at radius 1 is 0.420 bits per heavy atom. The van der Waals surface area contributed by atoms with Crippen molar-refractivity contribution < 1.29 is 58.2 Å². The number of aliphatic hydroxyl groups excluding tert-OH is 2. The summed E-state index contributed by atoms with van der Waals surface area (Å²) in [6.45, 7) is 5.79. The third-order valence-electron chi connectivity index (χ3n) is 14.1. The second kappa shape index (κ2) is 56.1. The summed E-state index contributed by atoms with van der Waals surface area (Å²) >= 11 is 0. The Kier molecular flexibility index (Phi) is 51.7. The van der Waals surface area contributed by atoms with Gasteiger partial charge in [0, 0.05) is 19.3 Å². The van der Waals surface area contributed by atoms with Gasteiger partial charge >= 0.3 is 23.9 Å². The van der Waals surface area contributed by atoms with Gasteiger partial charge in [0.05, 0.1) is 6.61 Å². The van der Waals surface area contributed by atoms with Crippen LogP contribution in [-0.4, -0.2) is 89.2 Å². The Hall–Kier alpha value is -4.36. The Balaban J connectivity index is 2.67. The van der Waals surface area contributed by atoms with E-state index in [4.69, 9.17) is 23.7 Å². The number of unbranched alkanes of at least 4 members (excludes halogenated alkanes) is 24. The molecule has 6 unspecified atom stereocenters. The number of carboxylic acid groups (broad SMARTS) is 1. The molecule has 1 fully saturated rings. The number of hydrogen-bond acceptors (Lipinski definition) is 11. The molecule has 1 aliphatic rings. The van der Waals surface area contributed by atoms with Crippen LogP contribution in [0, 0.1) is 0 Å². The topological polar surface area (TPSA) is 175 Å². The molecule has 6 atom stereocenters. The van der Waals surface area contributed by atoms with Crippen LogP contribution in [-0.2, 0) is 42.9 Å². The van der Waals surface area contributed by atoms with Crippen LogP contribution < -0.4 is 0 Å². The first-order valence-electron chi connectivity index (χ1n) is 32.2. The minimum Gasteiger partial charge on any atom is -0.479 e. The molecule has 0 bridgehead atoms. The molecule has 1 aliphatic heterocycles. The van der Waals surface area contributed by atoms with Crippen molar-refractivity contribution in [3.8, 4) is 0 Å². The third-order valence-corrected chi connectivity index (χ3v) is 14.1. The number of hydrogen-bond donors (Lipinski definition) is 3. The van der Waals surface area contributed by atoms with Gasteiger partial charge in [-0.2, -0.15) is 0 Å². The summed E-state index contributed by atoms with van der Waals surface area (Å²) < 4.78 is 28.4. The SMILES string of the molecule is CC/C=C\C/C=C\C/C=C\C/C=C\CCC(=O)OC(COC(=O)CCCCCCCC/C=C\C/C=C\C/C=C\CCCCC)COC1OC(C(=O)O)C(O)C(O)C1OC(=O)CCCCCCCCCCC/C=C\CCCCCCCC. The summed E-state index contributed by atoms with van der Waals surface area (Å²) in [4.78, 5) is 51.2. The second-order valence-corrected chi connectivity index (χ2v) is 21.7. The van der Waals surface area contributed by atoms with Gasteiger partial charge in [0.25, 0.3) is 0 Å². The van der Waals surface area contributed by atoms with Gasteiger partial charge in [-0.15, -0.1) is 0 Å². The fourth-order valence-corrected chi connectivity index (χ4v) is 9.21. The summed E-state index contributed by atoms with van der Waals surface area (Å²) in [5.41, 5.74) is 0. The van der Waals surface area contributed by atoms with Crippen molar-refractivity contribution in [2.45, 2.75) is 302 Å². The van der Waals surface area contributed by atoms with Crippen LogP contribution in [0.4, 0.5) is 0 Å². The zero-order valence-electron chi connectivity index (χ0n) is 51.0. The van der Waals surface area contributed by atoms with E-state index in [0.29, 0.717) is 25.7 Å². The first-order chi connectivity index (χ1) is 39.6. The van der Waals surface area contributed by atoms with E-state index in [-0.39, 0.29) is 25.9 Å². The molecule has 0 amide bonds. The van der Waals surface area contributed by atoms with Gasteiger partial charge in [-0.25, -0.2) is 4.79 Å². The number of carboxylic acids is 1. The fourth-order valence-electron chi connectivity index (χ4n) is 9.21. The van der Waals surface area contributed by atoms with Crippen molar-refractivity contribution in [2.75, 3.05) is 13.2 Å². The predicted octanol–water partition coefficient (Wildman–Crippen LogP) is 17.2. The van der Waals surface area contributed by atoms with E-state index in [9.17, 15) is 34.5 Å². The number of ether oxygens (including phenoxy) is 5. The largest absolute Gasteiger partial charge is 0.479 e. The van der Waals surface area contributed by atoms with E-state index < -0.39 is 67.3 Å². The highest BCUT2D eigenvalue weighted by Gasteiger charge is 2.50. The first kappa shape index (κ1) is 74.7. The number of aliphatic hydroxyl groups is 2. The fraction of sp³-hybridized carbons (Fsp3) is 0.710. The van der Waals surface area contributed by atoms with E-state index in [1.165, 1.54) is 96.3 Å². The van der Waals surface area contributed by atoms with E-state index >= 15 is 0 Å². The molecule has 0 spiro atoms. The third kappa shape index (κ3) is 45.8. The normalized spacial score (nSPS) is 18.4. The molecule has 12 nitrogen and oxygen atoms in total. The molecular formula is C69H114O12. The lowest BCUT2D eigenvalue weighted by Gasteiger charge is -2.40.